The van der Waals surface area contributed by atoms with Crippen LogP contribution in [0, 0.1) is 3.57 Å². The van der Waals surface area contributed by atoms with Crippen LogP contribution in [0.15, 0.2) is 60.9 Å². The highest BCUT2D eigenvalue weighted by Gasteiger charge is 2.14. The summed E-state index contributed by atoms with van der Waals surface area (Å²) in [6, 6.07) is 17.5. The molecule has 6 heteroatoms. The fraction of sp³-hybridized carbons (Fsp3) is 0.100. The largest absolute Gasteiger partial charge is 0.508 e. The van der Waals surface area contributed by atoms with Crippen LogP contribution in [0.5, 0.6) is 5.75 Å². The molecule has 0 fully saturated rings. The van der Waals surface area contributed by atoms with E-state index in [-0.39, 0.29) is 11.8 Å². The number of benzene rings is 2. The third-order valence-corrected chi connectivity index (χ3v) is 5.31. The van der Waals surface area contributed by atoms with Gasteiger partial charge in [0, 0.05) is 9.26 Å². The molecule has 0 unspecified atom stereocenters. The first-order valence-electron chi connectivity index (χ1n) is 8.26. The zero-order valence-corrected chi connectivity index (χ0v) is 16.2. The standard InChI is InChI=1S/C20H17IN4O/c1-12(15-4-2-3-5-17(15)21)24-19-16-10-18(25-20(16)23-11-22-19)13-6-8-14(26)9-7-13/h2-12,26H,1H3,(H2,22,23,24,25)/t12-/m1/s1. The van der Waals surface area contributed by atoms with Crippen LogP contribution in [0.3, 0.4) is 0 Å². The molecule has 0 amide bonds. The number of hydrogen-bond donors (Lipinski definition) is 3. The Bertz CT molecular complexity index is 1060. The molecular formula is C20H17IN4O. The van der Waals surface area contributed by atoms with Crippen LogP contribution in [0.2, 0.25) is 0 Å². The lowest BCUT2D eigenvalue weighted by molar-refractivity contribution is 0.475. The molecule has 4 rings (SSSR count). The van der Waals surface area contributed by atoms with Crippen LogP contribution < -0.4 is 5.32 Å². The minimum Gasteiger partial charge on any atom is -0.508 e. The van der Waals surface area contributed by atoms with E-state index in [0.717, 1.165) is 28.1 Å². The zero-order chi connectivity index (χ0) is 18.1. The van der Waals surface area contributed by atoms with Crippen molar-refractivity contribution in [2.24, 2.45) is 0 Å². The minimum absolute atomic E-state index is 0.119. The van der Waals surface area contributed by atoms with Crippen LogP contribution in [0.4, 0.5) is 5.82 Å². The molecule has 2 aromatic carbocycles. The summed E-state index contributed by atoms with van der Waals surface area (Å²) >= 11 is 2.35. The number of phenols is 1. The first-order chi connectivity index (χ1) is 12.6. The highest BCUT2D eigenvalue weighted by molar-refractivity contribution is 14.1. The lowest BCUT2D eigenvalue weighted by atomic mass is 10.1. The van der Waals surface area contributed by atoms with Crippen molar-refractivity contribution in [2.75, 3.05) is 5.32 Å². The molecule has 130 valence electrons. The normalized spacial score (nSPS) is 12.2. The number of fused-ring (bicyclic) bond motifs is 1. The third kappa shape index (κ3) is 3.24. The number of halogens is 1. The summed E-state index contributed by atoms with van der Waals surface area (Å²) in [6.07, 6.45) is 1.56. The fourth-order valence-electron chi connectivity index (χ4n) is 2.96. The van der Waals surface area contributed by atoms with Crippen LogP contribution in [-0.2, 0) is 0 Å². The predicted molar refractivity (Wildman–Crippen MR) is 112 cm³/mol. The van der Waals surface area contributed by atoms with Crippen molar-refractivity contribution < 1.29 is 5.11 Å². The van der Waals surface area contributed by atoms with Crippen molar-refractivity contribution >= 4 is 39.4 Å². The Morgan fingerprint density at radius 2 is 1.85 bits per heavy atom. The van der Waals surface area contributed by atoms with Gasteiger partial charge in [-0.1, -0.05) is 18.2 Å². The maximum absolute atomic E-state index is 9.47. The number of phenolic OH excluding ortho intramolecular Hbond substituents is 1. The van der Waals surface area contributed by atoms with Gasteiger partial charge < -0.3 is 15.4 Å². The number of aromatic amines is 1. The van der Waals surface area contributed by atoms with Crippen molar-refractivity contribution in [3.8, 4) is 17.0 Å². The molecule has 0 spiro atoms. The number of anilines is 1. The van der Waals surface area contributed by atoms with Crippen LogP contribution in [0.1, 0.15) is 18.5 Å². The first-order valence-corrected chi connectivity index (χ1v) is 9.34. The molecular weight excluding hydrogens is 439 g/mol. The van der Waals surface area contributed by atoms with Crippen molar-refractivity contribution in [2.45, 2.75) is 13.0 Å². The van der Waals surface area contributed by atoms with E-state index in [4.69, 9.17) is 0 Å². The molecule has 26 heavy (non-hydrogen) atoms. The number of H-pyrrole nitrogens is 1. The summed E-state index contributed by atoms with van der Waals surface area (Å²) in [5, 5.41) is 13.9. The van der Waals surface area contributed by atoms with Gasteiger partial charge in [-0.15, -0.1) is 0 Å². The van der Waals surface area contributed by atoms with Gasteiger partial charge >= 0.3 is 0 Å². The molecule has 0 bridgehead atoms. The Balaban J connectivity index is 1.70. The van der Waals surface area contributed by atoms with Gasteiger partial charge in [-0.05, 0) is 77.0 Å². The van der Waals surface area contributed by atoms with Gasteiger partial charge in [0.05, 0.1) is 11.4 Å². The SMILES string of the molecule is C[C@@H](Nc1ncnc2[nH]c(-c3ccc(O)cc3)cc12)c1ccccc1I. The van der Waals surface area contributed by atoms with Crippen LogP contribution in [-0.4, -0.2) is 20.1 Å². The van der Waals surface area contributed by atoms with Gasteiger partial charge in [0.25, 0.3) is 0 Å². The van der Waals surface area contributed by atoms with Crippen molar-refractivity contribution in [1.29, 1.82) is 0 Å². The summed E-state index contributed by atoms with van der Waals surface area (Å²) in [5.74, 6) is 1.04. The molecule has 0 radical (unpaired) electrons. The average Bonchev–Trinajstić information content (AvgIpc) is 3.08. The summed E-state index contributed by atoms with van der Waals surface area (Å²) in [5.41, 5.74) is 3.93. The second kappa shape index (κ2) is 6.95. The Kier molecular flexibility index (Phi) is 4.50. The van der Waals surface area contributed by atoms with Crippen molar-refractivity contribution in [3.05, 3.63) is 70.1 Å². The fourth-order valence-corrected chi connectivity index (χ4v) is 3.81. The molecule has 2 heterocycles. The van der Waals surface area contributed by atoms with E-state index in [1.807, 2.05) is 30.3 Å². The van der Waals surface area contributed by atoms with Crippen LogP contribution in [0.25, 0.3) is 22.3 Å². The summed E-state index contributed by atoms with van der Waals surface area (Å²) < 4.78 is 1.22. The number of rotatable bonds is 4. The predicted octanol–water partition coefficient (Wildman–Crippen LogP) is 5.11. The van der Waals surface area contributed by atoms with E-state index in [9.17, 15) is 5.11 Å². The lowest BCUT2D eigenvalue weighted by Crippen LogP contribution is -2.09. The molecule has 0 aliphatic rings. The molecule has 0 saturated carbocycles. The number of hydrogen-bond acceptors (Lipinski definition) is 4. The Morgan fingerprint density at radius 3 is 2.62 bits per heavy atom. The van der Waals surface area contributed by atoms with E-state index >= 15 is 0 Å². The molecule has 2 aromatic heterocycles. The van der Waals surface area contributed by atoms with Crippen molar-refractivity contribution in [3.63, 3.8) is 0 Å². The minimum atomic E-state index is 0.119. The van der Waals surface area contributed by atoms with Gasteiger partial charge in [0.1, 0.15) is 23.5 Å². The van der Waals surface area contributed by atoms with E-state index in [1.165, 1.54) is 9.13 Å². The molecule has 0 aliphatic heterocycles. The highest BCUT2D eigenvalue weighted by Crippen LogP contribution is 2.30. The zero-order valence-electron chi connectivity index (χ0n) is 14.1. The van der Waals surface area contributed by atoms with Gasteiger partial charge in [0.15, 0.2) is 0 Å². The Morgan fingerprint density at radius 1 is 1.08 bits per heavy atom. The molecule has 0 saturated heterocycles. The number of nitrogens with zero attached hydrogens (tertiary/aromatic N) is 2. The topological polar surface area (TPSA) is 73.8 Å². The molecule has 4 aromatic rings. The monoisotopic (exact) mass is 456 g/mol. The van der Waals surface area contributed by atoms with Crippen molar-refractivity contribution in [1.82, 2.24) is 15.0 Å². The highest BCUT2D eigenvalue weighted by atomic mass is 127. The van der Waals surface area contributed by atoms with E-state index in [2.05, 4.69) is 61.9 Å². The first kappa shape index (κ1) is 16.8. The van der Waals surface area contributed by atoms with Gasteiger partial charge in [-0.2, -0.15) is 0 Å². The molecule has 0 aliphatic carbocycles. The maximum atomic E-state index is 9.47. The average molecular weight is 456 g/mol. The van der Waals surface area contributed by atoms with Crippen LogP contribution >= 0.6 is 22.6 Å². The smallest absolute Gasteiger partial charge is 0.143 e. The number of nitrogens with one attached hydrogen (secondary N) is 2. The van der Waals surface area contributed by atoms with Gasteiger partial charge in [-0.25, -0.2) is 9.97 Å². The Labute approximate surface area is 164 Å². The van der Waals surface area contributed by atoms with E-state index < -0.39 is 0 Å². The molecule has 5 nitrogen and oxygen atoms in total. The summed E-state index contributed by atoms with van der Waals surface area (Å²) in [6.45, 7) is 2.12. The lowest BCUT2D eigenvalue weighted by Gasteiger charge is -2.16. The quantitative estimate of drug-likeness (QED) is 0.374. The maximum Gasteiger partial charge on any atom is 0.143 e. The van der Waals surface area contributed by atoms with E-state index in [1.54, 1.807) is 18.5 Å². The summed E-state index contributed by atoms with van der Waals surface area (Å²) in [4.78, 5) is 12.1. The second-order valence-corrected chi connectivity index (χ2v) is 7.26. The Hall–Kier alpha value is -2.61. The second-order valence-electron chi connectivity index (χ2n) is 6.10. The molecule has 3 N–H and O–H groups in total. The van der Waals surface area contributed by atoms with Gasteiger partial charge in [-0.3, -0.25) is 0 Å². The summed E-state index contributed by atoms with van der Waals surface area (Å²) in [7, 11) is 0. The number of aromatic nitrogens is 3. The third-order valence-electron chi connectivity index (χ3n) is 4.33. The van der Waals surface area contributed by atoms with Gasteiger partial charge in [0.2, 0.25) is 0 Å². The van der Waals surface area contributed by atoms with E-state index in [0.29, 0.717) is 0 Å². The number of aromatic hydroxyl groups is 1. The molecule has 1 atom stereocenters.